The molecule has 0 radical (unpaired) electrons. The summed E-state index contributed by atoms with van der Waals surface area (Å²) in [5, 5.41) is 7.81. The van der Waals surface area contributed by atoms with Crippen molar-refractivity contribution in [3.63, 3.8) is 0 Å². The number of aromatic nitrogens is 2. The molecule has 18 heavy (non-hydrogen) atoms. The minimum Gasteiger partial charge on any atom is -0.314 e. The highest BCUT2D eigenvalue weighted by Crippen LogP contribution is 2.26. The zero-order chi connectivity index (χ0) is 13.1. The summed E-state index contributed by atoms with van der Waals surface area (Å²) >= 11 is 1.76. The van der Waals surface area contributed by atoms with Gasteiger partial charge in [0.2, 0.25) is 0 Å². The molecule has 0 atom stereocenters. The van der Waals surface area contributed by atoms with Crippen LogP contribution < -0.4 is 5.32 Å². The van der Waals surface area contributed by atoms with E-state index in [9.17, 15) is 0 Å². The summed E-state index contributed by atoms with van der Waals surface area (Å²) in [5.74, 6) is 0. The fourth-order valence-electron chi connectivity index (χ4n) is 2.10. The molecule has 0 aliphatic heterocycles. The van der Waals surface area contributed by atoms with Gasteiger partial charge in [0.1, 0.15) is 0 Å². The lowest BCUT2D eigenvalue weighted by atomic mass is 10.1. The molecule has 0 amide bonds. The zero-order valence-corrected chi connectivity index (χ0v) is 12.1. The van der Waals surface area contributed by atoms with Gasteiger partial charge in [0, 0.05) is 24.1 Å². The van der Waals surface area contributed by atoms with Crippen LogP contribution in [0.5, 0.6) is 0 Å². The van der Waals surface area contributed by atoms with E-state index in [1.54, 1.807) is 11.8 Å². The Morgan fingerprint density at radius 3 is 2.50 bits per heavy atom. The van der Waals surface area contributed by atoms with Gasteiger partial charge in [-0.3, -0.25) is 4.68 Å². The Morgan fingerprint density at radius 1 is 1.28 bits per heavy atom. The van der Waals surface area contributed by atoms with E-state index in [0.29, 0.717) is 0 Å². The Bertz CT molecular complexity index is 529. The highest BCUT2D eigenvalue weighted by atomic mass is 32.2. The number of aryl methyl sites for hydroxylation is 1. The highest BCUT2D eigenvalue weighted by molar-refractivity contribution is 7.98. The Hall–Kier alpha value is -1.26. The first-order valence-electron chi connectivity index (χ1n) is 5.99. The van der Waals surface area contributed by atoms with Crippen molar-refractivity contribution >= 4 is 11.8 Å². The number of rotatable bonds is 4. The molecule has 0 unspecified atom stereocenters. The van der Waals surface area contributed by atoms with E-state index in [2.05, 4.69) is 47.9 Å². The molecule has 0 saturated heterocycles. The molecule has 1 heterocycles. The van der Waals surface area contributed by atoms with Crippen LogP contribution in [-0.4, -0.2) is 23.1 Å². The maximum atomic E-state index is 4.62. The largest absolute Gasteiger partial charge is 0.314 e. The van der Waals surface area contributed by atoms with Crippen LogP contribution in [0, 0.1) is 6.92 Å². The molecule has 0 spiro atoms. The second-order valence-electron chi connectivity index (χ2n) is 4.30. The molecule has 2 rings (SSSR count). The number of nitrogens with zero attached hydrogens (tertiary/aromatic N) is 2. The second kappa shape index (κ2) is 5.59. The van der Waals surface area contributed by atoms with Crippen molar-refractivity contribution in [3.05, 3.63) is 35.5 Å². The fraction of sp³-hybridized carbons (Fsp3) is 0.357. The zero-order valence-electron chi connectivity index (χ0n) is 11.3. The van der Waals surface area contributed by atoms with Gasteiger partial charge in [-0.05, 0) is 37.9 Å². The molecule has 0 fully saturated rings. The minimum atomic E-state index is 0.845. The maximum Gasteiger partial charge on any atom is 0.0955 e. The highest BCUT2D eigenvalue weighted by Gasteiger charge is 2.12. The van der Waals surface area contributed by atoms with Gasteiger partial charge in [-0.25, -0.2) is 0 Å². The number of hydrogen-bond acceptors (Lipinski definition) is 3. The molecule has 0 aliphatic rings. The molecule has 0 bridgehead atoms. The van der Waals surface area contributed by atoms with Gasteiger partial charge in [-0.1, -0.05) is 12.1 Å². The predicted molar refractivity (Wildman–Crippen MR) is 77.9 cm³/mol. The van der Waals surface area contributed by atoms with Gasteiger partial charge in [0.25, 0.3) is 0 Å². The van der Waals surface area contributed by atoms with Crippen LogP contribution in [0.2, 0.25) is 0 Å². The van der Waals surface area contributed by atoms with Gasteiger partial charge >= 0.3 is 0 Å². The van der Waals surface area contributed by atoms with E-state index >= 15 is 0 Å². The molecule has 1 aromatic heterocycles. The average molecular weight is 261 g/mol. The molecule has 1 N–H and O–H groups in total. The van der Waals surface area contributed by atoms with Crippen molar-refractivity contribution in [1.82, 2.24) is 15.1 Å². The van der Waals surface area contributed by atoms with Crippen LogP contribution in [0.25, 0.3) is 11.3 Å². The molecular formula is C14H19N3S. The molecular weight excluding hydrogens is 242 g/mol. The van der Waals surface area contributed by atoms with Crippen LogP contribution in [0.1, 0.15) is 11.3 Å². The average Bonchev–Trinajstić information content (AvgIpc) is 2.67. The van der Waals surface area contributed by atoms with Gasteiger partial charge in [-0.2, -0.15) is 5.10 Å². The number of benzene rings is 1. The SMILES string of the molecule is CNCc1c(C)c(-c2ccc(SC)cc2)nn1C. The molecule has 3 nitrogen and oxygen atoms in total. The van der Waals surface area contributed by atoms with E-state index < -0.39 is 0 Å². The number of thioether (sulfide) groups is 1. The molecule has 96 valence electrons. The molecule has 0 aliphatic carbocycles. The second-order valence-corrected chi connectivity index (χ2v) is 5.18. The lowest BCUT2D eigenvalue weighted by Crippen LogP contribution is -2.10. The van der Waals surface area contributed by atoms with Crippen molar-refractivity contribution in [2.75, 3.05) is 13.3 Å². The van der Waals surface area contributed by atoms with Gasteiger partial charge in [0.15, 0.2) is 0 Å². The smallest absolute Gasteiger partial charge is 0.0955 e. The summed E-state index contributed by atoms with van der Waals surface area (Å²) in [5.41, 5.74) is 4.75. The third-order valence-electron chi connectivity index (χ3n) is 3.14. The summed E-state index contributed by atoms with van der Waals surface area (Å²) in [4.78, 5) is 1.28. The van der Waals surface area contributed by atoms with Crippen LogP contribution in [0.15, 0.2) is 29.2 Å². The molecule has 1 aromatic carbocycles. The first-order valence-corrected chi connectivity index (χ1v) is 7.21. The first kappa shape index (κ1) is 13.2. The van der Waals surface area contributed by atoms with E-state index in [4.69, 9.17) is 0 Å². The van der Waals surface area contributed by atoms with Gasteiger partial charge in [-0.15, -0.1) is 11.8 Å². The van der Waals surface area contributed by atoms with Crippen molar-refractivity contribution in [2.45, 2.75) is 18.4 Å². The lowest BCUT2D eigenvalue weighted by molar-refractivity contribution is 0.671. The van der Waals surface area contributed by atoms with Crippen molar-refractivity contribution in [3.8, 4) is 11.3 Å². The van der Waals surface area contributed by atoms with E-state index in [1.807, 2.05) is 18.8 Å². The minimum absolute atomic E-state index is 0.845. The summed E-state index contributed by atoms with van der Waals surface area (Å²) < 4.78 is 1.96. The predicted octanol–water partition coefficient (Wildman–Crippen LogP) is 2.84. The lowest BCUT2D eigenvalue weighted by Gasteiger charge is -2.02. The fourth-order valence-corrected chi connectivity index (χ4v) is 2.51. The summed E-state index contributed by atoms with van der Waals surface area (Å²) in [6.45, 7) is 2.98. The third-order valence-corrected chi connectivity index (χ3v) is 3.88. The molecule has 2 aromatic rings. The van der Waals surface area contributed by atoms with Gasteiger partial charge < -0.3 is 5.32 Å². The molecule has 4 heteroatoms. The topological polar surface area (TPSA) is 29.9 Å². The van der Waals surface area contributed by atoms with E-state index in [1.165, 1.54) is 21.7 Å². The van der Waals surface area contributed by atoms with E-state index in [0.717, 1.165) is 12.2 Å². The van der Waals surface area contributed by atoms with Crippen molar-refractivity contribution < 1.29 is 0 Å². The van der Waals surface area contributed by atoms with Crippen LogP contribution in [0.3, 0.4) is 0 Å². The maximum absolute atomic E-state index is 4.62. The third kappa shape index (κ3) is 2.44. The summed E-state index contributed by atoms with van der Waals surface area (Å²) in [7, 11) is 3.96. The Morgan fingerprint density at radius 2 is 1.94 bits per heavy atom. The van der Waals surface area contributed by atoms with E-state index in [-0.39, 0.29) is 0 Å². The number of nitrogens with one attached hydrogen (secondary N) is 1. The van der Waals surface area contributed by atoms with Crippen molar-refractivity contribution in [2.24, 2.45) is 7.05 Å². The van der Waals surface area contributed by atoms with Crippen LogP contribution in [-0.2, 0) is 13.6 Å². The van der Waals surface area contributed by atoms with Crippen LogP contribution in [0.4, 0.5) is 0 Å². The monoisotopic (exact) mass is 261 g/mol. The summed E-state index contributed by atoms with van der Waals surface area (Å²) in [6.07, 6.45) is 2.09. The Labute approximate surface area is 113 Å². The number of hydrogen-bond donors (Lipinski definition) is 1. The summed E-state index contributed by atoms with van der Waals surface area (Å²) in [6, 6.07) is 8.58. The van der Waals surface area contributed by atoms with Crippen molar-refractivity contribution in [1.29, 1.82) is 0 Å². The standard InChI is InChI=1S/C14H19N3S/c1-10-13(9-15-2)17(3)16-14(10)11-5-7-12(18-4)8-6-11/h5-8,15H,9H2,1-4H3. The Kier molecular flexibility index (Phi) is 4.09. The first-order chi connectivity index (χ1) is 8.67. The van der Waals surface area contributed by atoms with Crippen LogP contribution >= 0.6 is 11.8 Å². The van der Waals surface area contributed by atoms with Gasteiger partial charge in [0.05, 0.1) is 11.4 Å². The molecule has 0 saturated carbocycles. The quantitative estimate of drug-likeness (QED) is 0.858. The Balaban J connectivity index is 2.40. The normalized spacial score (nSPS) is 10.9.